The summed E-state index contributed by atoms with van der Waals surface area (Å²) in [5.41, 5.74) is -0.821. The van der Waals surface area contributed by atoms with E-state index in [2.05, 4.69) is 6.58 Å². The first-order chi connectivity index (χ1) is 8.19. The molecule has 0 rings (SSSR count). The molecule has 0 amide bonds. The van der Waals surface area contributed by atoms with E-state index >= 15 is 0 Å². The van der Waals surface area contributed by atoms with Crippen molar-refractivity contribution in [1.82, 2.24) is 0 Å². The van der Waals surface area contributed by atoms with Crippen LogP contribution in [0.3, 0.4) is 0 Å². The highest BCUT2D eigenvalue weighted by atomic mass is 16.6. The second-order valence-electron chi connectivity index (χ2n) is 5.09. The Kier molecular flexibility index (Phi) is 6.66. The van der Waals surface area contributed by atoms with Gasteiger partial charge in [-0.3, -0.25) is 9.59 Å². The van der Waals surface area contributed by atoms with Gasteiger partial charge in [-0.2, -0.15) is 0 Å². The molecule has 4 nitrogen and oxygen atoms in total. The standard InChI is InChI=1S/C14H24O4/c1-7-10(2)8-9-13(17-11(3)15)14(5,6)18-12(4)16/h7,10,13H,1,8-9H2,2-6H3/t10-,13-/m0/s1. The second-order valence-corrected chi connectivity index (χ2v) is 5.09. The van der Waals surface area contributed by atoms with Crippen LogP contribution in [-0.4, -0.2) is 23.6 Å². The van der Waals surface area contributed by atoms with Crippen LogP contribution in [0.4, 0.5) is 0 Å². The molecule has 0 aromatic rings. The van der Waals surface area contributed by atoms with Crippen molar-refractivity contribution in [1.29, 1.82) is 0 Å². The number of rotatable bonds is 7. The Labute approximate surface area is 109 Å². The first-order valence-electron chi connectivity index (χ1n) is 6.18. The van der Waals surface area contributed by atoms with E-state index in [-0.39, 0.29) is 11.9 Å². The van der Waals surface area contributed by atoms with Gasteiger partial charge in [-0.05, 0) is 32.6 Å². The summed E-state index contributed by atoms with van der Waals surface area (Å²) < 4.78 is 10.5. The van der Waals surface area contributed by atoms with E-state index in [1.807, 2.05) is 13.0 Å². The van der Waals surface area contributed by atoms with E-state index in [4.69, 9.17) is 9.47 Å². The van der Waals surface area contributed by atoms with E-state index in [1.165, 1.54) is 13.8 Å². The molecule has 0 saturated carbocycles. The zero-order chi connectivity index (χ0) is 14.3. The van der Waals surface area contributed by atoms with Crippen LogP contribution in [0.5, 0.6) is 0 Å². The fraction of sp³-hybridized carbons (Fsp3) is 0.714. The smallest absolute Gasteiger partial charge is 0.303 e. The molecule has 0 heterocycles. The van der Waals surface area contributed by atoms with Gasteiger partial charge in [-0.15, -0.1) is 6.58 Å². The molecule has 0 aliphatic carbocycles. The van der Waals surface area contributed by atoms with Gasteiger partial charge in [-0.25, -0.2) is 0 Å². The highest BCUT2D eigenvalue weighted by Crippen LogP contribution is 2.24. The molecule has 4 heteroatoms. The van der Waals surface area contributed by atoms with Gasteiger partial charge in [0.2, 0.25) is 0 Å². The van der Waals surface area contributed by atoms with Gasteiger partial charge < -0.3 is 9.47 Å². The number of hydrogen-bond acceptors (Lipinski definition) is 4. The molecule has 104 valence electrons. The third-order valence-electron chi connectivity index (χ3n) is 2.78. The highest BCUT2D eigenvalue weighted by molar-refractivity contribution is 5.67. The van der Waals surface area contributed by atoms with Gasteiger partial charge >= 0.3 is 11.9 Å². The molecule has 0 saturated heterocycles. The summed E-state index contributed by atoms with van der Waals surface area (Å²) in [7, 11) is 0. The lowest BCUT2D eigenvalue weighted by Gasteiger charge is -2.33. The van der Waals surface area contributed by atoms with E-state index in [0.717, 1.165) is 6.42 Å². The minimum atomic E-state index is -0.821. The molecule has 18 heavy (non-hydrogen) atoms. The molecule has 0 spiro atoms. The Morgan fingerprint density at radius 1 is 1.22 bits per heavy atom. The monoisotopic (exact) mass is 256 g/mol. The Hall–Kier alpha value is -1.32. The number of carbonyl (C=O) groups excluding carboxylic acids is 2. The lowest BCUT2D eigenvalue weighted by molar-refractivity contribution is -0.179. The fourth-order valence-electron chi connectivity index (χ4n) is 1.72. The topological polar surface area (TPSA) is 52.6 Å². The lowest BCUT2D eigenvalue weighted by atomic mass is 9.93. The van der Waals surface area contributed by atoms with Crippen molar-refractivity contribution < 1.29 is 19.1 Å². The van der Waals surface area contributed by atoms with Crippen molar-refractivity contribution in [2.75, 3.05) is 0 Å². The molecule has 0 aliphatic heterocycles. The Morgan fingerprint density at radius 2 is 1.78 bits per heavy atom. The minimum Gasteiger partial charge on any atom is -0.458 e. The van der Waals surface area contributed by atoms with Crippen molar-refractivity contribution in [2.24, 2.45) is 5.92 Å². The molecule has 2 atom stereocenters. The largest absolute Gasteiger partial charge is 0.458 e. The first-order valence-corrected chi connectivity index (χ1v) is 6.18. The number of ether oxygens (including phenoxy) is 2. The molecule has 0 radical (unpaired) electrons. The second kappa shape index (κ2) is 7.19. The molecule has 0 aromatic carbocycles. The summed E-state index contributed by atoms with van der Waals surface area (Å²) >= 11 is 0. The molecule has 0 fully saturated rings. The Bertz CT molecular complexity index is 307. The SMILES string of the molecule is C=C[C@H](C)CC[C@H](OC(C)=O)C(C)(C)OC(C)=O. The summed E-state index contributed by atoms with van der Waals surface area (Å²) in [4.78, 5) is 22.2. The minimum absolute atomic E-state index is 0.330. The molecule has 0 aliphatic rings. The van der Waals surface area contributed by atoms with Crippen LogP contribution in [-0.2, 0) is 19.1 Å². The summed E-state index contributed by atoms with van der Waals surface area (Å²) in [6, 6.07) is 0. The van der Waals surface area contributed by atoms with Crippen LogP contribution < -0.4 is 0 Å². The predicted octanol–water partition coefficient (Wildman–Crippen LogP) is 2.86. The average molecular weight is 256 g/mol. The van der Waals surface area contributed by atoms with Crippen LogP contribution in [0.1, 0.15) is 47.5 Å². The van der Waals surface area contributed by atoms with Crippen LogP contribution >= 0.6 is 0 Å². The van der Waals surface area contributed by atoms with Gasteiger partial charge in [-0.1, -0.05) is 13.0 Å². The van der Waals surface area contributed by atoms with Gasteiger partial charge in [0.1, 0.15) is 11.7 Å². The zero-order valence-corrected chi connectivity index (χ0v) is 12.0. The van der Waals surface area contributed by atoms with E-state index in [9.17, 15) is 9.59 Å². The summed E-state index contributed by atoms with van der Waals surface area (Å²) in [6.45, 7) is 12.0. The maximum Gasteiger partial charge on any atom is 0.303 e. The summed E-state index contributed by atoms with van der Waals surface area (Å²) in [5, 5.41) is 0. The van der Waals surface area contributed by atoms with Crippen molar-refractivity contribution in [2.45, 2.75) is 59.2 Å². The van der Waals surface area contributed by atoms with Gasteiger partial charge in [0.25, 0.3) is 0 Å². The van der Waals surface area contributed by atoms with Crippen molar-refractivity contribution in [3.63, 3.8) is 0 Å². The van der Waals surface area contributed by atoms with E-state index in [1.54, 1.807) is 13.8 Å². The van der Waals surface area contributed by atoms with Crippen LogP contribution in [0, 0.1) is 5.92 Å². The van der Waals surface area contributed by atoms with Crippen LogP contribution in [0.15, 0.2) is 12.7 Å². The zero-order valence-electron chi connectivity index (χ0n) is 12.0. The Balaban J connectivity index is 4.69. The van der Waals surface area contributed by atoms with Crippen LogP contribution in [0.25, 0.3) is 0 Å². The van der Waals surface area contributed by atoms with Gasteiger partial charge in [0.15, 0.2) is 0 Å². The van der Waals surface area contributed by atoms with E-state index < -0.39 is 11.7 Å². The maximum absolute atomic E-state index is 11.1. The molecule has 0 N–H and O–H groups in total. The normalized spacial score (nSPS) is 14.5. The predicted molar refractivity (Wildman–Crippen MR) is 70.0 cm³/mol. The van der Waals surface area contributed by atoms with Gasteiger partial charge in [0, 0.05) is 13.8 Å². The quantitative estimate of drug-likeness (QED) is 0.519. The lowest BCUT2D eigenvalue weighted by Crippen LogP contribution is -2.43. The van der Waals surface area contributed by atoms with Crippen molar-refractivity contribution >= 4 is 11.9 Å². The molecule has 0 unspecified atom stereocenters. The maximum atomic E-state index is 11.1. The highest BCUT2D eigenvalue weighted by Gasteiger charge is 2.35. The van der Waals surface area contributed by atoms with E-state index in [0.29, 0.717) is 12.3 Å². The summed E-state index contributed by atoms with van der Waals surface area (Å²) in [6.07, 6.45) is 2.87. The summed E-state index contributed by atoms with van der Waals surface area (Å²) in [5.74, 6) is -0.420. The molecular weight excluding hydrogens is 232 g/mol. The number of hydrogen-bond donors (Lipinski definition) is 0. The van der Waals surface area contributed by atoms with Crippen molar-refractivity contribution in [3.05, 3.63) is 12.7 Å². The third-order valence-corrected chi connectivity index (χ3v) is 2.78. The first kappa shape index (κ1) is 16.7. The number of carbonyl (C=O) groups is 2. The van der Waals surface area contributed by atoms with Gasteiger partial charge in [0.05, 0.1) is 0 Å². The Morgan fingerprint density at radius 3 is 2.17 bits per heavy atom. The molecular formula is C14H24O4. The molecule has 0 aromatic heterocycles. The number of esters is 2. The third kappa shape index (κ3) is 6.42. The molecule has 0 bridgehead atoms. The fourth-order valence-corrected chi connectivity index (χ4v) is 1.72. The average Bonchev–Trinajstić information content (AvgIpc) is 2.21. The number of allylic oxidation sites excluding steroid dienone is 1. The van der Waals surface area contributed by atoms with Crippen LogP contribution in [0.2, 0.25) is 0 Å². The van der Waals surface area contributed by atoms with Crippen molar-refractivity contribution in [3.8, 4) is 0 Å².